The summed E-state index contributed by atoms with van der Waals surface area (Å²) >= 11 is 1.52. The van der Waals surface area contributed by atoms with Crippen LogP contribution in [-0.4, -0.2) is 40.9 Å². The van der Waals surface area contributed by atoms with Gasteiger partial charge in [0.2, 0.25) is 5.13 Å². The van der Waals surface area contributed by atoms with E-state index in [0.717, 1.165) is 17.5 Å². The van der Waals surface area contributed by atoms with Gasteiger partial charge in [0.1, 0.15) is 5.82 Å². The van der Waals surface area contributed by atoms with Crippen LogP contribution in [0.3, 0.4) is 0 Å². The van der Waals surface area contributed by atoms with Crippen LogP contribution in [0.5, 0.6) is 0 Å². The minimum Gasteiger partial charge on any atom is -0.360 e. The molecule has 1 aromatic heterocycles. The van der Waals surface area contributed by atoms with E-state index in [1.165, 1.54) is 50.3 Å². The molecule has 1 N–H and O–H groups in total. The number of piperidine rings is 1. The highest BCUT2D eigenvalue weighted by Crippen LogP contribution is 2.39. The Hall–Kier alpha value is -0.680. The van der Waals surface area contributed by atoms with Gasteiger partial charge in [-0.15, -0.1) is 0 Å². The SMILES string of the molecule is CN1CCC(C)(CNc2nc(C3CC3)ns2)CC1. The van der Waals surface area contributed by atoms with Gasteiger partial charge in [-0.2, -0.15) is 4.37 Å². The number of hydrogen-bond acceptors (Lipinski definition) is 5. The second-order valence-electron chi connectivity index (χ2n) is 6.20. The molecule has 0 amide bonds. The first-order chi connectivity index (χ1) is 8.65. The third-order valence-corrected chi connectivity index (χ3v) is 4.93. The van der Waals surface area contributed by atoms with Gasteiger partial charge < -0.3 is 10.2 Å². The molecule has 0 radical (unpaired) electrons. The molecule has 4 nitrogen and oxygen atoms in total. The summed E-state index contributed by atoms with van der Waals surface area (Å²) in [6.45, 7) is 5.83. The van der Waals surface area contributed by atoms with Gasteiger partial charge in [0.15, 0.2) is 0 Å². The second-order valence-corrected chi connectivity index (χ2v) is 6.95. The van der Waals surface area contributed by atoms with E-state index in [9.17, 15) is 0 Å². The van der Waals surface area contributed by atoms with Gasteiger partial charge in [-0.1, -0.05) is 6.92 Å². The monoisotopic (exact) mass is 266 g/mol. The molecule has 0 aromatic carbocycles. The molecule has 2 fully saturated rings. The van der Waals surface area contributed by atoms with Crippen LogP contribution in [0.25, 0.3) is 0 Å². The van der Waals surface area contributed by atoms with Crippen molar-refractivity contribution in [3.8, 4) is 0 Å². The molecule has 1 saturated heterocycles. The molecule has 0 unspecified atom stereocenters. The molecule has 0 spiro atoms. The summed E-state index contributed by atoms with van der Waals surface area (Å²) in [5.41, 5.74) is 0.415. The number of anilines is 1. The number of nitrogens with one attached hydrogen (secondary N) is 1. The quantitative estimate of drug-likeness (QED) is 0.909. The summed E-state index contributed by atoms with van der Waals surface area (Å²) in [5.74, 6) is 1.73. The topological polar surface area (TPSA) is 41.0 Å². The average Bonchev–Trinajstić information content (AvgIpc) is 3.11. The van der Waals surface area contributed by atoms with Crippen LogP contribution in [-0.2, 0) is 0 Å². The lowest BCUT2D eigenvalue weighted by atomic mass is 9.80. The van der Waals surface area contributed by atoms with E-state index in [2.05, 4.69) is 33.5 Å². The Morgan fingerprint density at radius 2 is 2.11 bits per heavy atom. The molecule has 1 aliphatic carbocycles. The van der Waals surface area contributed by atoms with E-state index in [-0.39, 0.29) is 0 Å². The maximum absolute atomic E-state index is 4.59. The highest BCUT2D eigenvalue weighted by Gasteiger charge is 2.30. The van der Waals surface area contributed by atoms with Crippen LogP contribution in [0.2, 0.25) is 0 Å². The highest BCUT2D eigenvalue weighted by molar-refractivity contribution is 7.09. The maximum Gasteiger partial charge on any atom is 0.202 e. The molecule has 100 valence electrons. The fourth-order valence-corrected chi connectivity index (χ4v) is 3.08. The predicted octanol–water partition coefficient (Wildman–Crippen LogP) is 2.56. The third-order valence-electron chi connectivity index (χ3n) is 4.24. The molecule has 2 heterocycles. The Kier molecular flexibility index (Phi) is 3.28. The zero-order valence-electron chi connectivity index (χ0n) is 11.3. The Labute approximate surface area is 113 Å². The van der Waals surface area contributed by atoms with Gasteiger partial charge in [-0.25, -0.2) is 4.98 Å². The number of rotatable bonds is 4. The van der Waals surface area contributed by atoms with E-state index in [4.69, 9.17) is 0 Å². The molecular formula is C13H22N4S. The maximum atomic E-state index is 4.59. The van der Waals surface area contributed by atoms with E-state index < -0.39 is 0 Å². The second kappa shape index (κ2) is 4.78. The van der Waals surface area contributed by atoms with Crippen molar-refractivity contribution < 1.29 is 0 Å². The normalized spacial score (nSPS) is 24.1. The standard InChI is InChI=1S/C13H22N4S/c1-13(5-7-17(2)8-6-13)9-14-12-15-11(16-18-12)10-3-4-10/h10H,3-9H2,1-2H3,(H,14,15,16). The minimum atomic E-state index is 0.415. The number of hydrogen-bond donors (Lipinski definition) is 1. The molecule has 1 aliphatic heterocycles. The fourth-order valence-electron chi connectivity index (χ4n) is 2.44. The van der Waals surface area contributed by atoms with Crippen molar-refractivity contribution in [1.82, 2.24) is 14.3 Å². The Morgan fingerprint density at radius 3 is 2.78 bits per heavy atom. The zero-order chi connectivity index (χ0) is 12.6. The van der Waals surface area contributed by atoms with Gasteiger partial charge in [-0.3, -0.25) is 0 Å². The summed E-state index contributed by atoms with van der Waals surface area (Å²) in [7, 11) is 2.21. The summed E-state index contributed by atoms with van der Waals surface area (Å²) < 4.78 is 4.44. The van der Waals surface area contributed by atoms with Crippen LogP contribution < -0.4 is 5.32 Å². The number of nitrogens with zero attached hydrogens (tertiary/aromatic N) is 3. The van der Waals surface area contributed by atoms with E-state index in [0.29, 0.717) is 11.3 Å². The van der Waals surface area contributed by atoms with Crippen molar-refractivity contribution in [1.29, 1.82) is 0 Å². The highest BCUT2D eigenvalue weighted by atomic mass is 32.1. The summed E-state index contributed by atoms with van der Waals surface area (Å²) in [5, 5.41) is 4.51. The molecule has 18 heavy (non-hydrogen) atoms. The van der Waals surface area contributed by atoms with E-state index >= 15 is 0 Å². The lowest BCUT2D eigenvalue weighted by molar-refractivity contribution is 0.150. The Morgan fingerprint density at radius 1 is 1.39 bits per heavy atom. The van der Waals surface area contributed by atoms with Crippen molar-refractivity contribution in [3.63, 3.8) is 0 Å². The van der Waals surface area contributed by atoms with Crippen molar-refractivity contribution in [2.75, 3.05) is 32.0 Å². The summed E-state index contributed by atoms with van der Waals surface area (Å²) in [4.78, 5) is 7.00. The van der Waals surface area contributed by atoms with Gasteiger partial charge in [0.05, 0.1) is 0 Å². The van der Waals surface area contributed by atoms with Crippen molar-refractivity contribution >= 4 is 16.7 Å². The predicted molar refractivity (Wildman–Crippen MR) is 75.2 cm³/mol. The van der Waals surface area contributed by atoms with Crippen molar-refractivity contribution in [2.45, 2.75) is 38.5 Å². The van der Waals surface area contributed by atoms with Gasteiger partial charge in [0.25, 0.3) is 0 Å². The molecule has 0 atom stereocenters. The Bertz CT molecular complexity index is 405. The van der Waals surface area contributed by atoms with Crippen LogP contribution >= 0.6 is 11.5 Å². The molecular weight excluding hydrogens is 244 g/mol. The summed E-state index contributed by atoms with van der Waals surface area (Å²) in [6.07, 6.45) is 5.09. The van der Waals surface area contributed by atoms with Crippen LogP contribution in [0.4, 0.5) is 5.13 Å². The first-order valence-corrected chi connectivity index (χ1v) is 7.68. The lowest BCUT2D eigenvalue weighted by Crippen LogP contribution is -2.40. The largest absolute Gasteiger partial charge is 0.360 e. The van der Waals surface area contributed by atoms with E-state index in [1.54, 1.807) is 0 Å². The van der Waals surface area contributed by atoms with Crippen LogP contribution in [0.15, 0.2) is 0 Å². The van der Waals surface area contributed by atoms with Crippen molar-refractivity contribution in [2.24, 2.45) is 5.41 Å². The number of likely N-dealkylation sites (tertiary alicyclic amines) is 1. The molecule has 5 heteroatoms. The fraction of sp³-hybridized carbons (Fsp3) is 0.846. The number of aromatic nitrogens is 2. The Balaban J connectivity index is 1.53. The first kappa shape index (κ1) is 12.4. The molecule has 1 aromatic rings. The van der Waals surface area contributed by atoms with Crippen molar-refractivity contribution in [3.05, 3.63) is 5.82 Å². The van der Waals surface area contributed by atoms with Gasteiger partial charge in [-0.05, 0) is 51.2 Å². The summed E-state index contributed by atoms with van der Waals surface area (Å²) in [6, 6.07) is 0. The third kappa shape index (κ3) is 2.83. The molecule has 0 bridgehead atoms. The van der Waals surface area contributed by atoms with Crippen LogP contribution in [0.1, 0.15) is 44.3 Å². The first-order valence-electron chi connectivity index (χ1n) is 6.91. The smallest absolute Gasteiger partial charge is 0.202 e. The minimum absolute atomic E-state index is 0.415. The molecule has 3 rings (SSSR count). The molecule has 2 aliphatic rings. The van der Waals surface area contributed by atoms with Gasteiger partial charge in [0, 0.05) is 24.0 Å². The molecule has 1 saturated carbocycles. The average molecular weight is 266 g/mol. The van der Waals surface area contributed by atoms with E-state index in [1.807, 2.05) is 0 Å². The lowest BCUT2D eigenvalue weighted by Gasteiger charge is -2.37. The van der Waals surface area contributed by atoms with Gasteiger partial charge >= 0.3 is 0 Å². The van der Waals surface area contributed by atoms with Crippen LogP contribution in [0, 0.1) is 5.41 Å². The zero-order valence-corrected chi connectivity index (χ0v) is 12.1.